The molecule has 8 nitrogen and oxygen atoms in total. The molecular weight excluding hydrogens is 328 g/mol. The zero-order valence-electron chi connectivity index (χ0n) is 11.4. The molecule has 118 valence electrons. The van der Waals surface area contributed by atoms with Gasteiger partial charge in [0.1, 0.15) is 16.8 Å². The second kappa shape index (κ2) is 5.60. The minimum atomic E-state index is -1.06. The quantitative estimate of drug-likeness (QED) is 0.313. The number of hydrogen-bond acceptors (Lipinski definition) is 7. The van der Waals surface area contributed by atoms with Gasteiger partial charge in [-0.3, -0.25) is 9.59 Å². The lowest BCUT2D eigenvalue weighted by molar-refractivity contribution is -0.673. The summed E-state index contributed by atoms with van der Waals surface area (Å²) in [5, 5.41) is 24.8. The SMILES string of the molecule is NC1C(=O)N2CC(CSc3ccc[n+]([O-])n3)(C(=O)O)CS[C@H]12. The number of nitrogens with zero attached hydrogens (tertiary/aromatic N) is 3. The van der Waals surface area contributed by atoms with Gasteiger partial charge in [0, 0.05) is 29.2 Å². The Kier molecular flexibility index (Phi) is 3.91. The van der Waals surface area contributed by atoms with Gasteiger partial charge < -0.3 is 20.9 Å². The van der Waals surface area contributed by atoms with Crippen molar-refractivity contribution in [1.29, 1.82) is 0 Å². The standard InChI is InChI=1S/C12H14N4O4S2/c13-8-9(17)15-4-12(11(18)19,6-22-10(8)15)5-21-7-2-1-3-16(20)14-7/h1-3,8,10H,4-6,13H2,(H,18,19)/t8?,10-,12?/m1/s1. The Morgan fingerprint density at radius 3 is 3.18 bits per heavy atom. The van der Waals surface area contributed by atoms with E-state index >= 15 is 0 Å². The average molecular weight is 342 g/mol. The number of carbonyl (C=O) groups excluding carboxylic acids is 1. The number of β-lactam (4-membered cyclic amide) rings is 1. The van der Waals surface area contributed by atoms with Crippen molar-refractivity contribution in [3.05, 3.63) is 23.5 Å². The van der Waals surface area contributed by atoms with Gasteiger partial charge in [-0.25, -0.2) is 0 Å². The molecule has 3 rings (SSSR count). The number of aliphatic carboxylic acids is 1. The van der Waals surface area contributed by atoms with Crippen LogP contribution in [0.2, 0.25) is 0 Å². The van der Waals surface area contributed by atoms with Crippen molar-refractivity contribution >= 4 is 35.4 Å². The first kappa shape index (κ1) is 15.4. The molecule has 10 heteroatoms. The normalized spacial score (nSPS) is 30.6. The van der Waals surface area contributed by atoms with Crippen molar-refractivity contribution in [2.75, 3.05) is 18.1 Å². The van der Waals surface area contributed by atoms with Crippen molar-refractivity contribution < 1.29 is 19.5 Å². The molecule has 0 bridgehead atoms. The maximum absolute atomic E-state index is 11.8. The van der Waals surface area contributed by atoms with Gasteiger partial charge in [-0.15, -0.1) is 11.8 Å². The number of aromatic nitrogens is 2. The monoisotopic (exact) mass is 342 g/mol. The first-order chi connectivity index (χ1) is 10.4. The number of nitrogens with two attached hydrogens (primary N) is 1. The molecule has 3 atom stereocenters. The van der Waals surface area contributed by atoms with E-state index in [-0.39, 0.29) is 23.6 Å². The van der Waals surface area contributed by atoms with Crippen molar-refractivity contribution in [3.63, 3.8) is 0 Å². The smallest absolute Gasteiger partial charge is 0.313 e. The van der Waals surface area contributed by atoms with Crippen molar-refractivity contribution in [1.82, 2.24) is 10.00 Å². The zero-order chi connectivity index (χ0) is 15.9. The average Bonchev–Trinajstić information content (AvgIpc) is 2.51. The minimum Gasteiger partial charge on any atom is -0.594 e. The molecule has 2 aliphatic heterocycles. The van der Waals surface area contributed by atoms with E-state index in [1.165, 1.54) is 34.6 Å². The van der Waals surface area contributed by atoms with Crippen LogP contribution in [0, 0.1) is 10.6 Å². The van der Waals surface area contributed by atoms with E-state index in [0.29, 0.717) is 15.6 Å². The van der Waals surface area contributed by atoms with E-state index in [9.17, 15) is 19.9 Å². The van der Waals surface area contributed by atoms with Gasteiger partial charge in [0.15, 0.2) is 5.03 Å². The topological polar surface area (TPSA) is 123 Å². The molecule has 1 amide bonds. The second-order valence-electron chi connectivity index (χ2n) is 5.32. The number of thioether (sulfide) groups is 2. The molecule has 1 aromatic rings. The Morgan fingerprint density at radius 2 is 2.50 bits per heavy atom. The number of carboxylic acid groups (broad SMARTS) is 1. The van der Waals surface area contributed by atoms with Gasteiger partial charge in [0.25, 0.3) is 0 Å². The fourth-order valence-corrected chi connectivity index (χ4v) is 5.13. The van der Waals surface area contributed by atoms with Crippen molar-refractivity contribution in [2.24, 2.45) is 11.1 Å². The van der Waals surface area contributed by atoms with E-state index in [0.717, 1.165) is 0 Å². The molecule has 1 aromatic heterocycles. The van der Waals surface area contributed by atoms with Gasteiger partial charge >= 0.3 is 5.97 Å². The summed E-state index contributed by atoms with van der Waals surface area (Å²) >= 11 is 2.60. The van der Waals surface area contributed by atoms with Crippen LogP contribution in [0.4, 0.5) is 0 Å². The lowest BCUT2D eigenvalue weighted by Crippen LogP contribution is -2.72. The largest absolute Gasteiger partial charge is 0.594 e. The van der Waals surface area contributed by atoms with Gasteiger partial charge in [0.2, 0.25) is 12.1 Å². The molecule has 0 spiro atoms. The third-order valence-corrected chi connectivity index (χ3v) is 6.60. The van der Waals surface area contributed by atoms with Crippen LogP contribution in [0.25, 0.3) is 0 Å². The molecular formula is C12H14N4O4S2. The van der Waals surface area contributed by atoms with E-state index in [4.69, 9.17) is 5.73 Å². The number of rotatable bonds is 4. The number of fused-ring (bicyclic) bond motifs is 1. The van der Waals surface area contributed by atoms with Crippen LogP contribution >= 0.6 is 23.5 Å². The summed E-state index contributed by atoms with van der Waals surface area (Å²) in [6.45, 7) is 0.143. The van der Waals surface area contributed by atoms with E-state index in [1.54, 1.807) is 12.1 Å². The molecule has 0 aliphatic carbocycles. The van der Waals surface area contributed by atoms with Crippen molar-refractivity contribution in [2.45, 2.75) is 16.4 Å². The summed E-state index contributed by atoms with van der Waals surface area (Å²) in [5.74, 6) is -0.548. The zero-order valence-corrected chi connectivity index (χ0v) is 13.0. The predicted octanol–water partition coefficient (Wildman–Crippen LogP) is -0.879. The third-order valence-electron chi connectivity index (χ3n) is 3.79. The lowest BCUT2D eigenvalue weighted by Gasteiger charge is -2.52. The Morgan fingerprint density at radius 1 is 1.73 bits per heavy atom. The summed E-state index contributed by atoms with van der Waals surface area (Å²) in [6.07, 6.45) is 1.26. The van der Waals surface area contributed by atoms with Crippen LogP contribution < -0.4 is 10.6 Å². The third kappa shape index (κ3) is 2.50. The van der Waals surface area contributed by atoms with Crippen molar-refractivity contribution in [3.8, 4) is 0 Å². The van der Waals surface area contributed by atoms with E-state index in [2.05, 4.69) is 5.10 Å². The van der Waals surface area contributed by atoms with Gasteiger partial charge in [-0.2, -0.15) is 0 Å². The molecule has 2 aliphatic rings. The maximum Gasteiger partial charge on any atom is 0.313 e. The summed E-state index contributed by atoms with van der Waals surface area (Å²) < 4.78 is 0. The van der Waals surface area contributed by atoms with Gasteiger partial charge in [-0.1, -0.05) is 16.6 Å². The second-order valence-corrected chi connectivity index (χ2v) is 7.42. The fourth-order valence-electron chi connectivity index (χ4n) is 2.46. The first-order valence-corrected chi connectivity index (χ1v) is 8.57. The highest BCUT2D eigenvalue weighted by atomic mass is 32.2. The highest BCUT2D eigenvalue weighted by Crippen LogP contribution is 2.43. The highest BCUT2D eigenvalue weighted by molar-refractivity contribution is 8.00. The molecule has 2 saturated heterocycles. The maximum atomic E-state index is 11.8. The molecule has 22 heavy (non-hydrogen) atoms. The summed E-state index contributed by atoms with van der Waals surface area (Å²) in [7, 11) is 0. The Labute approximate surface area is 134 Å². The minimum absolute atomic E-state index is 0.122. The Balaban J connectivity index is 1.73. The number of carboxylic acids is 1. The molecule has 3 N–H and O–H groups in total. The molecule has 0 saturated carbocycles. The molecule has 0 radical (unpaired) electrons. The predicted molar refractivity (Wildman–Crippen MR) is 79.9 cm³/mol. The number of amides is 1. The fraction of sp³-hybridized carbons (Fsp3) is 0.500. The number of carbonyl (C=O) groups is 2. The van der Waals surface area contributed by atoms with Crippen LogP contribution in [0.15, 0.2) is 23.4 Å². The molecule has 3 heterocycles. The summed E-state index contributed by atoms with van der Waals surface area (Å²) in [4.78, 5) is 25.5. The van der Waals surface area contributed by atoms with Crippen LogP contribution in [-0.2, 0) is 9.59 Å². The van der Waals surface area contributed by atoms with Gasteiger partial charge in [-0.05, 0) is 6.07 Å². The molecule has 0 aromatic carbocycles. The lowest BCUT2D eigenvalue weighted by atomic mass is 9.89. The van der Waals surface area contributed by atoms with Crippen LogP contribution in [0.5, 0.6) is 0 Å². The summed E-state index contributed by atoms with van der Waals surface area (Å²) in [5.41, 5.74) is 4.65. The van der Waals surface area contributed by atoms with E-state index < -0.39 is 17.4 Å². The summed E-state index contributed by atoms with van der Waals surface area (Å²) in [6, 6.07) is 2.68. The first-order valence-electron chi connectivity index (χ1n) is 6.53. The highest BCUT2D eigenvalue weighted by Gasteiger charge is 2.55. The van der Waals surface area contributed by atoms with E-state index in [1.807, 2.05) is 0 Å². The molecule has 2 unspecified atom stereocenters. The van der Waals surface area contributed by atoms with Crippen LogP contribution in [0.3, 0.4) is 0 Å². The van der Waals surface area contributed by atoms with Crippen LogP contribution in [-0.4, -0.2) is 56.4 Å². The Bertz CT molecular complexity index is 631. The number of hydrogen-bond donors (Lipinski definition) is 2. The van der Waals surface area contributed by atoms with Gasteiger partial charge in [0.05, 0.1) is 0 Å². The Hall–Kier alpha value is -1.52. The van der Waals surface area contributed by atoms with Crippen LogP contribution in [0.1, 0.15) is 0 Å². The molecule has 2 fully saturated rings.